The molecule has 0 atom stereocenters. The van der Waals surface area contributed by atoms with Crippen molar-refractivity contribution >= 4 is 17.2 Å². The molecule has 2 heterocycles. The van der Waals surface area contributed by atoms with Crippen molar-refractivity contribution in [1.82, 2.24) is 9.97 Å². The summed E-state index contributed by atoms with van der Waals surface area (Å²) < 4.78 is 37.2. The first-order valence-corrected chi connectivity index (χ1v) is 5.59. The number of thiazole rings is 1. The van der Waals surface area contributed by atoms with Crippen molar-refractivity contribution in [3.63, 3.8) is 0 Å². The number of halogens is 3. The summed E-state index contributed by atoms with van der Waals surface area (Å²) in [7, 11) is 0. The van der Waals surface area contributed by atoms with Gasteiger partial charge in [0.05, 0.1) is 12.1 Å². The Balaban J connectivity index is 2.07. The molecule has 0 saturated carbocycles. The van der Waals surface area contributed by atoms with Crippen LogP contribution in [0.2, 0.25) is 0 Å². The average molecular weight is 259 g/mol. The minimum absolute atomic E-state index is 0.190. The summed E-state index contributed by atoms with van der Waals surface area (Å²) in [6.45, 7) is 0.367. The van der Waals surface area contributed by atoms with Gasteiger partial charge in [0.15, 0.2) is 0 Å². The van der Waals surface area contributed by atoms with E-state index in [-0.39, 0.29) is 5.82 Å². The van der Waals surface area contributed by atoms with Crippen molar-refractivity contribution in [2.45, 2.75) is 12.7 Å². The maximum atomic E-state index is 12.4. The number of anilines is 1. The number of alkyl halides is 3. The standard InChI is InChI=1S/C10H8F3N3S/c11-10(12,13)7-1-2-14-8(5-7)16-6-9-15-3-4-17-9/h1-5H,6H2,(H,14,16). The first-order valence-electron chi connectivity index (χ1n) is 4.71. The molecule has 0 aliphatic rings. The lowest BCUT2D eigenvalue weighted by Crippen LogP contribution is -2.07. The molecule has 7 heteroatoms. The lowest BCUT2D eigenvalue weighted by Gasteiger charge is -2.08. The minimum atomic E-state index is -4.35. The minimum Gasteiger partial charge on any atom is -0.364 e. The summed E-state index contributed by atoms with van der Waals surface area (Å²) in [5, 5.41) is 5.39. The highest BCUT2D eigenvalue weighted by Gasteiger charge is 2.30. The second-order valence-corrected chi connectivity index (χ2v) is 4.19. The van der Waals surface area contributed by atoms with Crippen LogP contribution < -0.4 is 5.32 Å². The molecule has 90 valence electrons. The maximum absolute atomic E-state index is 12.4. The quantitative estimate of drug-likeness (QED) is 0.920. The van der Waals surface area contributed by atoms with Gasteiger partial charge in [0.1, 0.15) is 10.8 Å². The lowest BCUT2D eigenvalue weighted by molar-refractivity contribution is -0.137. The van der Waals surface area contributed by atoms with Crippen LogP contribution in [0.25, 0.3) is 0 Å². The number of nitrogens with one attached hydrogen (secondary N) is 1. The Labute approximate surface area is 99.3 Å². The third kappa shape index (κ3) is 3.16. The molecule has 0 fully saturated rings. The number of rotatable bonds is 3. The Morgan fingerprint density at radius 1 is 1.24 bits per heavy atom. The predicted molar refractivity (Wildman–Crippen MR) is 58.7 cm³/mol. The smallest absolute Gasteiger partial charge is 0.364 e. The summed E-state index contributed by atoms with van der Waals surface area (Å²) in [4.78, 5) is 7.83. The topological polar surface area (TPSA) is 37.8 Å². The Bertz CT molecular complexity index is 482. The summed E-state index contributed by atoms with van der Waals surface area (Å²) in [5.41, 5.74) is -0.714. The van der Waals surface area contributed by atoms with Crippen LogP contribution in [-0.2, 0) is 12.7 Å². The summed E-state index contributed by atoms with van der Waals surface area (Å²) in [5.74, 6) is 0.190. The van der Waals surface area contributed by atoms with Crippen molar-refractivity contribution in [3.8, 4) is 0 Å². The molecule has 2 aromatic heterocycles. The third-order valence-electron chi connectivity index (χ3n) is 1.99. The van der Waals surface area contributed by atoms with Crippen LogP contribution in [0.1, 0.15) is 10.6 Å². The monoisotopic (exact) mass is 259 g/mol. The number of hydrogen-bond donors (Lipinski definition) is 1. The fourth-order valence-corrected chi connectivity index (χ4v) is 1.77. The van der Waals surface area contributed by atoms with E-state index in [9.17, 15) is 13.2 Å². The number of pyridine rings is 1. The van der Waals surface area contributed by atoms with E-state index in [0.29, 0.717) is 6.54 Å². The number of aromatic nitrogens is 2. The van der Waals surface area contributed by atoms with Crippen LogP contribution in [-0.4, -0.2) is 9.97 Å². The molecule has 2 rings (SSSR count). The summed E-state index contributed by atoms with van der Waals surface area (Å²) in [6, 6.07) is 1.92. The van der Waals surface area contributed by atoms with E-state index in [1.807, 2.05) is 0 Å². The lowest BCUT2D eigenvalue weighted by atomic mass is 10.2. The van der Waals surface area contributed by atoms with Gasteiger partial charge in [0, 0.05) is 17.8 Å². The Kier molecular flexibility index (Phi) is 3.28. The summed E-state index contributed by atoms with van der Waals surface area (Å²) in [6.07, 6.45) is -1.57. The van der Waals surface area contributed by atoms with Crippen LogP contribution >= 0.6 is 11.3 Å². The molecule has 0 bridgehead atoms. The van der Waals surface area contributed by atoms with Crippen LogP contribution in [0.15, 0.2) is 29.9 Å². The van der Waals surface area contributed by atoms with Crippen molar-refractivity contribution in [3.05, 3.63) is 40.5 Å². The van der Waals surface area contributed by atoms with Gasteiger partial charge in [-0.05, 0) is 12.1 Å². The molecule has 0 aliphatic carbocycles. The van der Waals surface area contributed by atoms with E-state index >= 15 is 0 Å². The molecule has 0 saturated heterocycles. The second-order valence-electron chi connectivity index (χ2n) is 3.21. The molecular formula is C10H8F3N3S. The number of hydrogen-bond acceptors (Lipinski definition) is 4. The predicted octanol–water partition coefficient (Wildman–Crippen LogP) is 3.17. The molecule has 0 aromatic carbocycles. The first-order chi connectivity index (χ1) is 8.05. The zero-order valence-corrected chi connectivity index (χ0v) is 9.35. The molecule has 0 unspecified atom stereocenters. The molecule has 0 radical (unpaired) electrons. The fraction of sp³-hybridized carbons (Fsp3) is 0.200. The highest BCUT2D eigenvalue weighted by molar-refractivity contribution is 7.09. The Morgan fingerprint density at radius 3 is 2.71 bits per heavy atom. The van der Waals surface area contributed by atoms with Crippen molar-refractivity contribution in [1.29, 1.82) is 0 Å². The molecule has 0 amide bonds. The maximum Gasteiger partial charge on any atom is 0.416 e. The zero-order valence-electron chi connectivity index (χ0n) is 8.53. The first kappa shape index (κ1) is 11.8. The number of nitrogens with zero attached hydrogens (tertiary/aromatic N) is 2. The second kappa shape index (κ2) is 4.70. The molecule has 0 aliphatic heterocycles. The molecule has 1 N–H and O–H groups in total. The van der Waals surface area contributed by atoms with Crippen LogP contribution in [0.4, 0.5) is 19.0 Å². The van der Waals surface area contributed by atoms with E-state index in [4.69, 9.17) is 0 Å². The summed E-state index contributed by atoms with van der Waals surface area (Å²) >= 11 is 1.43. The Hall–Kier alpha value is -1.63. The van der Waals surface area contributed by atoms with Gasteiger partial charge >= 0.3 is 6.18 Å². The van der Waals surface area contributed by atoms with Gasteiger partial charge < -0.3 is 5.32 Å². The largest absolute Gasteiger partial charge is 0.416 e. The van der Waals surface area contributed by atoms with Crippen LogP contribution in [0.3, 0.4) is 0 Å². The SMILES string of the molecule is FC(F)(F)c1ccnc(NCc2nccs2)c1. The van der Waals surface area contributed by atoms with Gasteiger partial charge in [-0.2, -0.15) is 13.2 Å². The van der Waals surface area contributed by atoms with Crippen molar-refractivity contribution in [2.24, 2.45) is 0 Å². The fourth-order valence-electron chi connectivity index (χ4n) is 1.21. The van der Waals surface area contributed by atoms with Crippen LogP contribution in [0.5, 0.6) is 0 Å². The molecule has 3 nitrogen and oxygen atoms in total. The van der Waals surface area contributed by atoms with E-state index in [1.165, 1.54) is 11.3 Å². The van der Waals surface area contributed by atoms with Crippen molar-refractivity contribution in [2.75, 3.05) is 5.32 Å². The highest BCUT2D eigenvalue weighted by atomic mass is 32.1. The van der Waals surface area contributed by atoms with Gasteiger partial charge in [0.2, 0.25) is 0 Å². The van der Waals surface area contributed by atoms with Gasteiger partial charge in [0.25, 0.3) is 0 Å². The van der Waals surface area contributed by atoms with E-state index < -0.39 is 11.7 Å². The highest BCUT2D eigenvalue weighted by Crippen LogP contribution is 2.29. The molecule has 2 aromatic rings. The molecule has 0 spiro atoms. The van der Waals surface area contributed by atoms with Crippen LogP contribution in [0, 0.1) is 0 Å². The van der Waals surface area contributed by atoms with Gasteiger partial charge in [-0.15, -0.1) is 11.3 Å². The van der Waals surface area contributed by atoms with E-state index in [1.54, 1.807) is 11.6 Å². The van der Waals surface area contributed by atoms with Crippen molar-refractivity contribution < 1.29 is 13.2 Å². The third-order valence-corrected chi connectivity index (χ3v) is 2.77. The van der Waals surface area contributed by atoms with E-state index in [2.05, 4.69) is 15.3 Å². The van der Waals surface area contributed by atoms with Gasteiger partial charge in [-0.3, -0.25) is 0 Å². The van der Waals surface area contributed by atoms with Gasteiger partial charge in [-0.1, -0.05) is 0 Å². The molecule has 17 heavy (non-hydrogen) atoms. The average Bonchev–Trinajstić information content (AvgIpc) is 2.78. The normalized spacial score (nSPS) is 11.5. The van der Waals surface area contributed by atoms with E-state index in [0.717, 1.165) is 23.3 Å². The molecular weight excluding hydrogens is 251 g/mol. The van der Waals surface area contributed by atoms with Gasteiger partial charge in [-0.25, -0.2) is 9.97 Å². The zero-order chi connectivity index (χ0) is 12.3. The Morgan fingerprint density at radius 2 is 2.06 bits per heavy atom.